The normalized spacial score (nSPS) is 19.5. The summed E-state index contributed by atoms with van der Waals surface area (Å²) in [7, 11) is 0. The SMILES string of the molecule is c1ncc(-c2ccc3n[nH]c(C4Nc5cncc(N6CCCCC6)c5N4)c3c2)cc1CNCC1CCCC1. The van der Waals surface area contributed by atoms with Crippen LogP contribution in [0, 0.1) is 5.92 Å². The monoisotopic (exact) mass is 508 g/mol. The lowest BCUT2D eigenvalue weighted by Crippen LogP contribution is -2.30. The van der Waals surface area contributed by atoms with Gasteiger partial charge in [0.05, 0.1) is 40.7 Å². The Morgan fingerprint density at radius 3 is 2.63 bits per heavy atom. The van der Waals surface area contributed by atoms with E-state index in [9.17, 15) is 0 Å². The number of pyridine rings is 2. The molecule has 4 aromatic rings. The summed E-state index contributed by atoms with van der Waals surface area (Å²) < 4.78 is 0. The number of hydrogen-bond donors (Lipinski definition) is 4. The number of benzene rings is 1. The highest BCUT2D eigenvalue weighted by molar-refractivity contribution is 5.91. The number of fused-ring (bicyclic) bond motifs is 2. The Morgan fingerprint density at radius 1 is 0.868 bits per heavy atom. The minimum absolute atomic E-state index is 0.0952. The third-order valence-corrected chi connectivity index (χ3v) is 8.45. The van der Waals surface area contributed by atoms with E-state index in [1.807, 2.05) is 24.8 Å². The van der Waals surface area contributed by atoms with Gasteiger partial charge in [0.2, 0.25) is 0 Å². The number of H-pyrrole nitrogens is 1. The molecule has 4 N–H and O–H groups in total. The van der Waals surface area contributed by atoms with Crippen LogP contribution in [0.5, 0.6) is 0 Å². The second kappa shape index (κ2) is 10.3. The van der Waals surface area contributed by atoms with Gasteiger partial charge in [0.15, 0.2) is 0 Å². The molecule has 38 heavy (non-hydrogen) atoms. The summed E-state index contributed by atoms with van der Waals surface area (Å²) in [6.07, 6.45) is 17.0. The van der Waals surface area contributed by atoms with Crippen molar-refractivity contribution in [1.82, 2.24) is 25.5 Å². The van der Waals surface area contributed by atoms with Gasteiger partial charge in [-0.05, 0) is 73.9 Å². The van der Waals surface area contributed by atoms with Gasteiger partial charge in [0, 0.05) is 43.0 Å². The number of nitrogens with one attached hydrogen (secondary N) is 4. The van der Waals surface area contributed by atoms with Gasteiger partial charge < -0.3 is 20.9 Å². The summed E-state index contributed by atoms with van der Waals surface area (Å²) in [5.74, 6) is 0.837. The molecular formula is C30H36N8. The van der Waals surface area contributed by atoms with Crippen molar-refractivity contribution in [1.29, 1.82) is 0 Å². The fourth-order valence-electron chi connectivity index (χ4n) is 6.37. The summed E-state index contributed by atoms with van der Waals surface area (Å²) in [6, 6.07) is 8.73. The topological polar surface area (TPSA) is 93.8 Å². The zero-order valence-electron chi connectivity index (χ0n) is 21.8. The molecule has 0 amide bonds. The van der Waals surface area contributed by atoms with E-state index in [0.29, 0.717) is 0 Å². The number of nitrogens with zero attached hydrogens (tertiary/aromatic N) is 4. The molecule has 0 bridgehead atoms. The summed E-state index contributed by atoms with van der Waals surface area (Å²) in [4.78, 5) is 11.5. The van der Waals surface area contributed by atoms with Gasteiger partial charge in [-0.15, -0.1) is 0 Å². The predicted molar refractivity (Wildman–Crippen MR) is 153 cm³/mol. The van der Waals surface area contributed by atoms with Gasteiger partial charge >= 0.3 is 0 Å². The summed E-state index contributed by atoms with van der Waals surface area (Å²) in [5, 5.41) is 20.0. The number of rotatable bonds is 7. The number of aromatic amines is 1. The van der Waals surface area contributed by atoms with Crippen LogP contribution in [0.15, 0.2) is 49.1 Å². The van der Waals surface area contributed by atoms with Crippen molar-refractivity contribution in [2.75, 3.05) is 35.2 Å². The molecule has 1 saturated carbocycles. The van der Waals surface area contributed by atoms with E-state index in [1.165, 1.54) is 56.2 Å². The molecule has 8 heteroatoms. The number of hydrogen-bond acceptors (Lipinski definition) is 7. The third kappa shape index (κ3) is 4.58. The maximum atomic E-state index is 4.61. The largest absolute Gasteiger partial charge is 0.369 e. The molecule has 1 atom stereocenters. The van der Waals surface area contributed by atoms with E-state index < -0.39 is 0 Å². The van der Waals surface area contributed by atoms with Crippen molar-refractivity contribution >= 4 is 28.0 Å². The summed E-state index contributed by atoms with van der Waals surface area (Å²) in [6.45, 7) is 4.14. The molecule has 3 aromatic heterocycles. The zero-order valence-corrected chi connectivity index (χ0v) is 21.8. The molecule has 8 nitrogen and oxygen atoms in total. The Balaban J connectivity index is 1.11. The van der Waals surface area contributed by atoms with Crippen LogP contribution in [0.1, 0.15) is 62.4 Å². The number of piperidine rings is 1. The number of anilines is 3. The average Bonchev–Trinajstić information content (AvgIpc) is 3.73. The fourth-order valence-corrected chi connectivity index (χ4v) is 6.37. The van der Waals surface area contributed by atoms with Crippen LogP contribution < -0.4 is 20.9 Å². The van der Waals surface area contributed by atoms with Crippen molar-refractivity contribution in [3.05, 3.63) is 60.3 Å². The molecule has 1 aromatic carbocycles. The lowest BCUT2D eigenvalue weighted by molar-refractivity contribution is 0.489. The quantitative estimate of drug-likeness (QED) is 0.250. The fraction of sp³-hybridized carbons (Fsp3) is 0.433. The average molecular weight is 509 g/mol. The van der Waals surface area contributed by atoms with Crippen LogP contribution in [0.3, 0.4) is 0 Å². The van der Waals surface area contributed by atoms with E-state index in [2.05, 4.69) is 65.3 Å². The smallest absolute Gasteiger partial charge is 0.141 e. The maximum Gasteiger partial charge on any atom is 0.141 e. The molecule has 1 saturated heterocycles. The van der Waals surface area contributed by atoms with E-state index in [1.54, 1.807) is 0 Å². The van der Waals surface area contributed by atoms with Gasteiger partial charge in [-0.2, -0.15) is 5.10 Å². The summed E-state index contributed by atoms with van der Waals surface area (Å²) in [5.41, 5.74) is 8.85. The van der Waals surface area contributed by atoms with Gasteiger partial charge in [-0.3, -0.25) is 15.1 Å². The van der Waals surface area contributed by atoms with Gasteiger partial charge in [0.1, 0.15) is 6.17 Å². The molecule has 1 unspecified atom stereocenters. The van der Waals surface area contributed by atoms with Crippen LogP contribution >= 0.6 is 0 Å². The van der Waals surface area contributed by atoms with Crippen LogP contribution in [0.25, 0.3) is 22.0 Å². The molecule has 196 valence electrons. The molecule has 1 aliphatic carbocycles. The summed E-state index contributed by atoms with van der Waals surface area (Å²) >= 11 is 0. The minimum Gasteiger partial charge on any atom is -0.369 e. The van der Waals surface area contributed by atoms with Gasteiger partial charge in [-0.25, -0.2) is 0 Å². The zero-order chi connectivity index (χ0) is 25.3. The highest BCUT2D eigenvalue weighted by Crippen LogP contribution is 2.43. The van der Waals surface area contributed by atoms with Gasteiger partial charge in [0.25, 0.3) is 0 Å². The Kier molecular flexibility index (Phi) is 6.33. The Hall–Kier alpha value is -3.65. The van der Waals surface area contributed by atoms with Crippen molar-refractivity contribution in [2.45, 2.75) is 57.7 Å². The van der Waals surface area contributed by atoms with Crippen LogP contribution in [-0.2, 0) is 6.54 Å². The Labute approximate surface area is 223 Å². The highest BCUT2D eigenvalue weighted by atomic mass is 15.3. The lowest BCUT2D eigenvalue weighted by Gasteiger charge is -2.29. The Morgan fingerprint density at radius 2 is 1.74 bits per heavy atom. The van der Waals surface area contributed by atoms with E-state index in [0.717, 1.165) is 71.2 Å². The molecule has 2 aliphatic heterocycles. The standard InChI is InChI=1S/C30H36N8/c1-4-10-38(11-5-1)27-19-33-18-26-29(27)35-30(34-26)28-24-13-22(8-9-25(24)36-37-28)23-12-21(16-32-17-23)15-31-14-20-6-2-3-7-20/h8-9,12-13,16-20,30-31,34-35H,1-7,10-11,14-15H2,(H,36,37). The highest BCUT2D eigenvalue weighted by Gasteiger charge is 2.29. The molecule has 0 radical (unpaired) electrons. The molecule has 0 spiro atoms. The van der Waals surface area contributed by atoms with Crippen LogP contribution in [0.2, 0.25) is 0 Å². The van der Waals surface area contributed by atoms with Crippen molar-refractivity contribution < 1.29 is 0 Å². The van der Waals surface area contributed by atoms with Crippen molar-refractivity contribution in [2.24, 2.45) is 5.92 Å². The van der Waals surface area contributed by atoms with Crippen LogP contribution in [-0.4, -0.2) is 39.8 Å². The Bertz CT molecular complexity index is 1420. The van der Waals surface area contributed by atoms with E-state index in [4.69, 9.17) is 0 Å². The second-order valence-corrected chi connectivity index (χ2v) is 11.1. The van der Waals surface area contributed by atoms with Crippen molar-refractivity contribution in [3.63, 3.8) is 0 Å². The van der Waals surface area contributed by atoms with E-state index in [-0.39, 0.29) is 6.17 Å². The third-order valence-electron chi connectivity index (χ3n) is 8.45. The first-order chi connectivity index (χ1) is 18.8. The first kappa shape index (κ1) is 23.5. The van der Waals surface area contributed by atoms with Crippen LogP contribution in [0.4, 0.5) is 17.1 Å². The predicted octanol–water partition coefficient (Wildman–Crippen LogP) is 5.83. The molecular weight excluding hydrogens is 472 g/mol. The molecule has 3 aliphatic rings. The van der Waals surface area contributed by atoms with Gasteiger partial charge in [-0.1, -0.05) is 18.9 Å². The minimum atomic E-state index is -0.0952. The first-order valence-electron chi connectivity index (χ1n) is 14.2. The van der Waals surface area contributed by atoms with E-state index >= 15 is 0 Å². The second-order valence-electron chi connectivity index (χ2n) is 11.1. The molecule has 5 heterocycles. The number of aromatic nitrogens is 4. The first-order valence-corrected chi connectivity index (χ1v) is 14.2. The maximum absolute atomic E-state index is 4.61. The molecule has 7 rings (SSSR count). The lowest BCUT2D eigenvalue weighted by atomic mass is 10.0. The molecule has 2 fully saturated rings. The van der Waals surface area contributed by atoms with Crippen molar-refractivity contribution in [3.8, 4) is 11.1 Å².